The number of nitrogens with one attached hydrogen (secondary N) is 1. The summed E-state index contributed by atoms with van der Waals surface area (Å²) in [7, 11) is 0. The molecule has 2 N–H and O–H groups in total. The maximum Gasteiger partial charge on any atom is 0.244 e. The van der Waals surface area contributed by atoms with Gasteiger partial charge in [0.25, 0.3) is 0 Å². The van der Waals surface area contributed by atoms with Gasteiger partial charge in [-0.3, -0.25) is 4.79 Å². The molecule has 0 spiro atoms. The van der Waals surface area contributed by atoms with Crippen LogP contribution in [0.4, 0.5) is 0 Å². The number of hydrogen-bond acceptors (Lipinski definition) is 4. The van der Waals surface area contributed by atoms with E-state index in [1.807, 2.05) is 23.2 Å². The molecule has 0 saturated carbocycles. The summed E-state index contributed by atoms with van der Waals surface area (Å²) >= 11 is 0. The summed E-state index contributed by atoms with van der Waals surface area (Å²) < 4.78 is 1.48. The van der Waals surface area contributed by atoms with Crippen molar-refractivity contribution < 1.29 is 9.90 Å². The first kappa shape index (κ1) is 16.5. The van der Waals surface area contributed by atoms with Gasteiger partial charge in [0.2, 0.25) is 5.91 Å². The Balaban J connectivity index is 1.44. The fourth-order valence-electron chi connectivity index (χ4n) is 3.30. The summed E-state index contributed by atoms with van der Waals surface area (Å²) in [5.74, 6) is 0.00118. The van der Waals surface area contributed by atoms with Crippen molar-refractivity contribution in [3.63, 3.8) is 0 Å². The first-order chi connectivity index (χ1) is 12.6. The summed E-state index contributed by atoms with van der Waals surface area (Å²) in [6, 6.07) is 8.24. The van der Waals surface area contributed by atoms with Gasteiger partial charge >= 0.3 is 0 Å². The van der Waals surface area contributed by atoms with Crippen LogP contribution < -0.4 is 0 Å². The maximum atomic E-state index is 12.5. The van der Waals surface area contributed by atoms with Crippen molar-refractivity contribution in [3.8, 4) is 0 Å². The molecule has 0 radical (unpaired) electrons. The van der Waals surface area contributed by atoms with E-state index < -0.39 is 6.10 Å². The van der Waals surface area contributed by atoms with Gasteiger partial charge in [0.15, 0.2) is 0 Å². The number of carbonyl (C=O) groups is 1. The molecule has 1 aliphatic rings. The molecule has 1 atom stereocenters. The summed E-state index contributed by atoms with van der Waals surface area (Å²) in [6.07, 6.45) is 5.92. The van der Waals surface area contributed by atoms with Gasteiger partial charge in [-0.15, -0.1) is 5.10 Å². The SMILES string of the molecule is CC(O)c1cn(CC(=O)N2CC=C(c3c[nH]c4ccccc34)CC2)nn1. The Morgan fingerprint density at radius 2 is 2.23 bits per heavy atom. The molecular weight excluding hydrogens is 330 g/mol. The van der Waals surface area contributed by atoms with E-state index in [1.54, 1.807) is 13.1 Å². The van der Waals surface area contributed by atoms with E-state index in [4.69, 9.17) is 0 Å². The van der Waals surface area contributed by atoms with Crippen LogP contribution in [0.2, 0.25) is 0 Å². The van der Waals surface area contributed by atoms with Crippen LogP contribution in [0.15, 0.2) is 42.7 Å². The molecule has 1 unspecified atom stereocenters. The van der Waals surface area contributed by atoms with Crippen LogP contribution in [0.5, 0.6) is 0 Å². The molecule has 1 aromatic carbocycles. The van der Waals surface area contributed by atoms with E-state index in [0.29, 0.717) is 18.8 Å². The number of H-pyrrole nitrogens is 1. The fraction of sp³-hybridized carbons (Fsp3) is 0.316. The standard InChI is InChI=1S/C19H21N5O2/c1-13(25)18-11-24(22-21-18)12-19(26)23-8-6-14(7-9-23)16-10-20-17-5-3-2-4-15(16)17/h2-6,10-11,13,20,25H,7-9,12H2,1H3. The topological polar surface area (TPSA) is 87.0 Å². The Labute approximate surface area is 150 Å². The van der Waals surface area contributed by atoms with Crippen LogP contribution in [-0.2, 0) is 11.3 Å². The molecule has 0 saturated heterocycles. The highest BCUT2D eigenvalue weighted by atomic mass is 16.3. The first-order valence-corrected chi connectivity index (χ1v) is 8.73. The highest BCUT2D eigenvalue weighted by molar-refractivity contribution is 5.93. The van der Waals surface area contributed by atoms with Crippen LogP contribution in [0, 0.1) is 0 Å². The van der Waals surface area contributed by atoms with Crippen molar-refractivity contribution in [2.24, 2.45) is 0 Å². The van der Waals surface area contributed by atoms with E-state index in [-0.39, 0.29) is 12.5 Å². The Kier molecular flexibility index (Phi) is 4.30. The van der Waals surface area contributed by atoms with Crippen molar-refractivity contribution in [1.82, 2.24) is 24.9 Å². The van der Waals surface area contributed by atoms with Crippen LogP contribution >= 0.6 is 0 Å². The summed E-state index contributed by atoms with van der Waals surface area (Å²) in [5, 5.41) is 18.5. The lowest BCUT2D eigenvalue weighted by molar-refractivity contribution is -0.131. The lowest BCUT2D eigenvalue weighted by Gasteiger charge is -2.26. The number of fused-ring (bicyclic) bond motifs is 1. The van der Waals surface area contributed by atoms with Crippen molar-refractivity contribution in [1.29, 1.82) is 0 Å². The van der Waals surface area contributed by atoms with Crippen LogP contribution in [0.25, 0.3) is 16.5 Å². The molecule has 2 aromatic heterocycles. The number of aliphatic hydroxyl groups is 1. The van der Waals surface area contributed by atoms with Crippen molar-refractivity contribution in [2.75, 3.05) is 13.1 Å². The van der Waals surface area contributed by atoms with Crippen molar-refractivity contribution in [3.05, 3.63) is 54.0 Å². The van der Waals surface area contributed by atoms with Gasteiger partial charge in [-0.25, -0.2) is 4.68 Å². The Bertz CT molecular complexity index is 969. The molecule has 1 aliphatic heterocycles. The number of aliphatic hydroxyl groups excluding tert-OH is 1. The molecule has 0 aliphatic carbocycles. The number of amides is 1. The zero-order chi connectivity index (χ0) is 18.1. The summed E-state index contributed by atoms with van der Waals surface area (Å²) in [6.45, 7) is 3.03. The molecule has 1 amide bonds. The number of nitrogens with zero attached hydrogens (tertiary/aromatic N) is 4. The zero-order valence-corrected chi connectivity index (χ0v) is 14.6. The molecule has 26 heavy (non-hydrogen) atoms. The van der Waals surface area contributed by atoms with Gasteiger partial charge in [-0.2, -0.15) is 0 Å². The van der Waals surface area contributed by atoms with Gasteiger partial charge in [-0.05, 0) is 25.0 Å². The minimum atomic E-state index is -0.685. The number of aromatic amines is 1. The van der Waals surface area contributed by atoms with Crippen molar-refractivity contribution >= 4 is 22.4 Å². The molecular formula is C19H21N5O2. The molecule has 7 heteroatoms. The molecule has 134 valence electrons. The third-order valence-corrected chi connectivity index (χ3v) is 4.78. The van der Waals surface area contributed by atoms with Crippen LogP contribution in [-0.4, -0.2) is 49.0 Å². The van der Waals surface area contributed by atoms with E-state index in [1.165, 1.54) is 21.2 Å². The van der Waals surface area contributed by atoms with E-state index in [0.717, 1.165) is 11.9 Å². The van der Waals surface area contributed by atoms with Gasteiger partial charge < -0.3 is 15.0 Å². The highest BCUT2D eigenvalue weighted by Gasteiger charge is 2.20. The van der Waals surface area contributed by atoms with Gasteiger partial charge in [0, 0.05) is 35.8 Å². The Hall–Kier alpha value is -2.93. The van der Waals surface area contributed by atoms with E-state index in [2.05, 4.69) is 33.5 Å². The van der Waals surface area contributed by atoms with Gasteiger partial charge in [0.05, 0.1) is 12.3 Å². The lowest BCUT2D eigenvalue weighted by atomic mass is 9.99. The van der Waals surface area contributed by atoms with Gasteiger partial charge in [0.1, 0.15) is 12.2 Å². The summed E-state index contributed by atoms with van der Waals surface area (Å²) in [4.78, 5) is 17.6. The number of benzene rings is 1. The molecule has 7 nitrogen and oxygen atoms in total. The van der Waals surface area contributed by atoms with Crippen molar-refractivity contribution in [2.45, 2.75) is 26.0 Å². The van der Waals surface area contributed by atoms with E-state index >= 15 is 0 Å². The van der Waals surface area contributed by atoms with E-state index in [9.17, 15) is 9.90 Å². The maximum absolute atomic E-state index is 12.5. The lowest BCUT2D eigenvalue weighted by Crippen LogP contribution is -2.37. The smallest absolute Gasteiger partial charge is 0.244 e. The van der Waals surface area contributed by atoms with Crippen LogP contribution in [0.1, 0.15) is 30.7 Å². The second kappa shape index (κ2) is 6.76. The quantitative estimate of drug-likeness (QED) is 0.754. The average Bonchev–Trinajstić information content (AvgIpc) is 3.29. The molecule has 0 fully saturated rings. The first-order valence-electron chi connectivity index (χ1n) is 8.73. The highest BCUT2D eigenvalue weighted by Crippen LogP contribution is 2.29. The molecule has 0 bridgehead atoms. The number of hydrogen-bond donors (Lipinski definition) is 2. The zero-order valence-electron chi connectivity index (χ0n) is 14.6. The number of aromatic nitrogens is 4. The second-order valence-electron chi connectivity index (χ2n) is 6.58. The predicted molar refractivity (Wildman–Crippen MR) is 98.1 cm³/mol. The number of para-hydroxylation sites is 1. The second-order valence-corrected chi connectivity index (χ2v) is 6.58. The third kappa shape index (κ3) is 3.13. The van der Waals surface area contributed by atoms with Crippen LogP contribution in [0.3, 0.4) is 0 Å². The Morgan fingerprint density at radius 1 is 1.38 bits per heavy atom. The Morgan fingerprint density at radius 3 is 2.96 bits per heavy atom. The minimum absolute atomic E-state index is 0.00118. The molecule has 3 aromatic rings. The number of rotatable bonds is 4. The fourth-order valence-corrected chi connectivity index (χ4v) is 3.30. The summed E-state index contributed by atoms with van der Waals surface area (Å²) in [5.41, 5.74) is 4.08. The minimum Gasteiger partial charge on any atom is -0.387 e. The van der Waals surface area contributed by atoms with Gasteiger partial charge in [-0.1, -0.05) is 29.5 Å². The normalized spacial score (nSPS) is 15.9. The number of carbonyl (C=O) groups excluding carboxylic acids is 1. The molecule has 4 rings (SSSR count). The largest absolute Gasteiger partial charge is 0.387 e. The third-order valence-electron chi connectivity index (χ3n) is 4.78. The average molecular weight is 351 g/mol. The predicted octanol–water partition coefficient (Wildman–Crippen LogP) is 2.13. The monoisotopic (exact) mass is 351 g/mol. The molecule has 3 heterocycles.